The molecule has 18 heavy (non-hydrogen) atoms. The van der Waals surface area contributed by atoms with Crippen molar-refractivity contribution < 1.29 is 0 Å². The van der Waals surface area contributed by atoms with Gasteiger partial charge in [0.1, 0.15) is 4.87 Å². The van der Waals surface area contributed by atoms with Crippen LogP contribution in [0.2, 0.25) is 0 Å². The van der Waals surface area contributed by atoms with Crippen molar-refractivity contribution in [2.24, 2.45) is 0 Å². The molecule has 0 radical (unpaired) electrons. The molecule has 0 N–H and O–H groups in total. The van der Waals surface area contributed by atoms with Crippen LogP contribution in [0.25, 0.3) is 0 Å². The molecule has 0 bridgehead atoms. The fraction of sp³-hybridized carbons (Fsp3) is 0.0667. The Morgan fingerprint density at radius 2 is 1.28 bits per heavy atom. The van der Waals surface area contributed by atoms with Gasteiger partial charge in [-0.05, 0) is 28.5 Å². The average molecular weight is 291 g/mol. The van der Waals surface area contributed by atoms with Crippen molar-refractivity contribution in [1.82, 2.24) is 0 Å². The molecular formula is C15H11ClS2. The smallest absolute Gasteiger partial charge is 0.138 e. The van der Waals surface area contributed by atoms with Gasteiger partial charge >= 0.3 is 0 Å². The van der Waals surface area contributed by atoms with E-state index in [1.807, 2.05) is 30.3 Å². The van der Waals surface area contributed by atoms with Crippen molar-refractivity contribution in [3.05, 3.63) is 80.7 Å². The molecule has 0 saturated heterocycles. The van der Waals surface area contributed by atoms with Crippen LogP contribution in [0.1, 0.15) is 15.3 Å². The summed E-state index contributed by atoms with van der Waals surface area (Å²) in [4.78, 5) is 1.78. The summed E-state index contributed by atoms with van der Waals surface area (Å²) in [5.74, 6) is 0. The van der Waals surface area contributed by atoms with E-state index >= 15 is 0 Å². The Kier molecular flexibility index (Phi) is 3.25. The third-order valence-electron chi connectivity index (χ3n) is 2.89. The predicted molar refractivity (Wildman–Crippen MR) is 80.8 cm³/mol. The molecule has 2 heterocycles. The highest BCUT2D eigenvalue weighted by Gasteiger charge is 2.35. The number of halogens is 1. The van der Waals surface area contributed by atoms with Crippen LogP contribution in [0.4, 0.5) is 0 Å². The minimum atomic E-state index is -0.552. The molecule has 0 amide bonds. The average Bonchev–Trinajstić information content (AvgIpc) is 3.12. The molecule has 3 rings (SSSR count). The fourth-order valence-electron chi connectivity index (χ4n) is 2.02. The Labute approximate surface area is 119 Å². The van der Waals surface area contributed by atoms with Gasteiger partial charge in [0.15, 0.2) is 0 Å². The number of benzene rings is 1. The molecule has 0 aliphatic heterocycles. The molecule has 0 aliphatic rings. The maximum atomic E-state index is 7.02. The highest BCUT2D eigenvalue weighted by molar-refractivity contribution is 7.12. The first kappa shape index (κ1) is 12.0. The largest absolute Gasteiger partial charge is 0.146 e. The van der Waals surface area contributed by atoms with Gasteiger partial charge in [0.05, 0.1) is 0 Å². The summed E-state index contributed by atoms with van der Waals surface area (Å²) < 4.78 is 0. The van der Waals surface area contributed by atoms with Crippen LogP contribution in [0.3, 0.4) is 0 Å². The van der Waals surface area contributed by atoms with Gasteiger partial charge in [-0.15, -0.1) is 34.3 Å². The lowest BCUT2D eigenvalue weighted by Gasteiger charge is -2.25. The second-order valence-electron chi connectivity index (χ2n) is 3.98. The second-order valence-corrected chi connectivity index (χ2v) is 6.44. The van der Waals surface area contributed by atoms with Gasteiger partial charge in [-0.2, -0.15) is 0 Å². The standard InChI is InChI=1S/C15H11ClS2/c16-15(13-8-4-10-17-13,14-9-5-11-18-14)12-6-2-1-3-7-12/h1-11H. The SMILES string of the molecule is ClC(c1ccccc1)(c1cccs1)c1cccs1. The minimum absolute atomic E-state index is 0.552. The zero-order chi connectivity index (χ0) is 12.4. The van der Waals surface area contributed by atoms with Crippen molar-refractivity contribution in [2.75, 3.05) is 0 Å². The molecule has 0 saturated carbocycles. The summed E-state index contributed by atoms with van der Waals surface area (Å²) in [6.07, 6.45) is 0. The monoisotopic (exact) mass is 290 g/mol. The molecule has 0 spiro atoms. The van der Waals surface area contributed by atoms with Crippen LogP contribution in [0.15, 0.2) is 65.4 Å². The van der Waals surface area contributed by atoms with Gasteiger partial charge in [-0.3, -0.25) is 0 Å². The van der Waals surface area contributed by atoms with Crippen LogP contribution >= 0.6 is 34.3 Å². The van der Waals surface area contributed by atoms with Crippen LogP contribution in [-0.2, 0) is 4.87 Å². The van der Waals surface area contributed by atoms with Gasteiger partial charge in [0, 0.05) is 9.75 Å². The Hall–Kier alpha value is -1.09. The van der Waals surface area contributed by atoms with Crippen LogP contribution < -0.4 is 0 Å². The first-order valence-electron chi connectivity index (χ1n) is 5.64. The summed E-state index contributed by atoms with van der Waals surface area (Å²) in [5, 5.41) is 4.14. The van der Waals surface area contributed by atoms with Gasteiger partial charge in [0.2, 0.25) is 0 Å². The van der Waals surface area contributed by atoms with Gasteiger partial charge in [0.25, 0.3) is 0 Å². The van der Waals surface area contributed by atoms with Crippen LogP contribution in [0, 0.1) is 0 Å². The lowest BCUT2D eigenvalue weighted by Crippen LogP contribution is -2.19. The van der Waals surface area contributed by atoms with Crippen molar-refractivity contribution in [2.45, 2.75) is 4.87 Å². The van der Waals surface area contributed by atoms with E-state index in [1.54, 1.807) is 22.7 Å². The van der Waals surface area contributed by atoms with E-state index in [-0.39, 0.29) is 0 Å². The predicted octanol–water partition coefficient (Wildman–Crippen LogP) is 5.34. The Bertz CT molecular complexity index is 563. The van der Waals surface area contributed by atoms with Gasteiger partial charge in [-0.1, -0.05) is 42.5 Å². The van der Waals surface area contributed by atoms with E-state index in [1.165, 1.54) is 0 Å². The van der Waals surface area contributed by atoms with Crippen LogP contribution in [-0.4, -0.2) is 0 Å². The molecule has 2 aromatic heterocycles. The van der Waals surface area contributed by atoms with E-state index in [4.69, 9.17) is 11.6 Å². The number of hydrogen-bond acceptors (Lipinski definition) is 2. The minimum Gasteiger partial charge on any atom is -0.146 e. The molecule has 0 nitrogen and oxygen atoms in total. The fourth-order valence-corrected chi connectivity index (χ4v) is 4.31. The van der Waals surface area contributed by atoms with E-state index < -0.39 is 4.87 Å². The van der Waals surface area contributed by atoms with Gasteiger partial charge < -0.3 is 0 Å². The molecule has 1 aromatic carbocycles. The number of hydrogen-bond donors (Lipinski definition) is 0. The maximum absolute atomic E-state index is 7.02. The molecule has 0 unspecified atom stereocenters. The van der Waals surface area contributed by atoms with E-state index in [0.29, 0.717) is 0 Å². The molecular weight excluding hydrogens is 280 g/mol. The number of thiophene rings is 2. The zero-order valence-electron chi connectivity index (χ0n) is 9.55. The molecule has 90 valence electrons. The summed E-state index contributed by atoms with van der Waals surface area (Å²) in [6.45, 7) is 0. The molecule has 0 fully saturated rings. The van der Waals surface area contributed by atoms with E-state index in [0.717, 1.165) is 15.3 Å². The summed E-state index contributed by atoms with van der Waals surface area (Å²) in [6, 6.07) is 18.6. The van der Waals surface area contributed by atoms with E-state index in [9.17, 15) is 0 Å². The third-order valence-corrected chi connectivity index (χ3v) is 5.72. The van der Waals surface area contributed by atoms with Gasteiger partial charge in [-0.25, -0.2) is 0 Å². The maximum Gasteiger partial charge on any atom is 0.138 e. The van der Waals surface area contributed by atoms with Crippen molar-refractivity contribution >= 4 is 34.3 Å². The topological polar surface area (TPSA) is 0 Å². The zero-order valence-corrected chi connectivity index (χ0v) is 11.9. The van der Waals surface area contributed by atoms with Crippen molar-refractivity contribution in [1.29, 1.82) is 0 Å². The summed E-state index contributed by atoms with van der Waals surface area (Å²) in [7, 11) is 0. The Morgan fingerprint density at radius 3 is 1.72 bits per heavy atom. The highest BCUT2D eigenvalue weighted by atomic mass is 35.5. The lowest BCUT2D eigenvalue weighted by atomic mass is 9.95. The summed E-state index contributed by atoms with van der Waals surface area (Å²) in [5.41, 5.74) is 1.12. The quantitative estimate of drug-likeness (QED) is 0.571. The molecule has 0 atom stereocenters. The Balaban J connectivity index is 2.22. The molecule has 3 aromatic rings. The van der Waals surface area contributed by atoms with E-state index in [2.05, 4.69) is 35.0 Å². The number of alkyl halides is 1. The second kappa shape index (κ2) is 4.88. The third kappa shape index (κ3) is 1.91. The summed E-state index contributed by atoms with van der Waals surface area (Å²) >= 11 is 10.4. The first-order chi connectivity index (χ1) is 8.82. The van der Waals surface area contributed by atoms with Crippen LogP contribution in [0.5, 0.6) is 0 Å². The molecule has 3 heteroatoms. The number of rotatable bonds is 3. The lowest BCUT2D eigenvalue weighted by molar-refractivity contribution is 0.929. The molecule has 0 aliphatic carbocycles. The normalized spacial score (nSPS) is 11.6. The first-order valence-corrected chi connectivity index (χ1v) is 7.78. The van der Waals surface area contributed by atoms with Crippen molar-refractivity contribution in [3.63, 3.8) is 0 Å². The van der Waals surface area contributed by atoms with Crippen molar-refractivity contribution in [3.8, 4) is 0 Å². The highest BCUT2D eigenvalue weighted by Crippen LogP contribution is 2.46. The Morgan fingerprint density at radius 1 is 0.722 bits per heavy atom.